The summed E-state index contributed by atoms with van der Waals surface area (Å²) in [6.07, 6.45) is 3.34. The summed E-state index contributed by atoms with van der Waals surface area (Å²) in [4.78, 5) is 5.70. The lowest BCUT2D eigenvalue weighted by Crippen LogP contribution is -2.11. The molecule has 1 heterocycles. The molecule has 0 fully saturated rings. The normalized spacial score (nSPS) is 10.1. The molecule has 0 spiro atoms. The highest BCUT2D eigenvalue weighted by Gasteiger charge is 2.09. The maximum absolute atomic E-state index is 13.6. The molecule has 0 aliphatic rings. The van der Waals surface area contributed by atoms with Crippen molar-refractivity contribution in [2.75, 3.05) is 17.7 Å². The molecule has 0 aliphatic carbocycles. The van der Waals surface area contributed by atoms with Gasteiger partial charge in [0.05, 0.1) is 17.6 Å². The van der Waals surface area contributed by atoms with Gasteiger partial charge in [0.15, 0.2) is 0 Å². The minimum absolute atomic E-state index is 0.305. The highest BCUT2D eigenvalue weighted by Crippen LogP contribution is 2.27. The highest BCUT2D eigenvalue weighted by molar-refractivity contribution is 5.65. The first-order chi connectivity index (χ1) is 7.68. The molecule has 4 heteroatoms. The molecule has 0 bridgehead atoms. The minimum atomic E-state index is -0.305. The zero-order valence-corrected chi connectivity index (χ0v) is 8.89. The summed E-state index contributed by atoms with van der Waals surface area (Å²) in [5.41, 5.74) is 7.42. The van der Waals surface area contributed by atoms with E-state index in [0.717, 1.165) is 5.69 Å². The van der Waals surface area contributed by atoms with Crippen molar-refractivity contribution in [3.05, 3.63) is 48.5 Å². The Morgan fingerprint density at radius 1 is 1.31 bits per heavy atom. The number of benzene rings is 1. The van der Waals surface area contributed by atoms with Crippen molar-refractivity contribution in [1.29, 1.82) is 0 Å². The van der Waals surface area contributed by atoms with E-state index in [1.54, 1.807) is 36.5 Å². The van der Waals surface area contributed by atoms with Gasteiger partial charge in [-0.1, -0.05) is 0 Å². The van der Waals surface area contributed by atoms with Gasteiger partial charge in [0.25, 0.3) is 0 Å². The Morgan fingerprint density at radius 2 is 2.12 bits per heavy atom. The topological polar surface area (TPSA) is 42.2 Å². The average Bonchev–Trinajstić information content (AvgIpc) is 2.32. The van der Waals surface area contributed by atoms with Crippen LogP contribution in [0.25, 0.3) is 0 Å². The van der Waals surface area contributed by atoms with Gasteiger partial charge in [-0.3, -0.25) is 4.98 Å². The van der Waals surface area contributed by atoms with Gasteiger partial charge in [-0.15, -0.1) is 0 Å². The van der Waals surface area contributed by atoms with E-state index in [4.69, 9.17) is 5.73 Å². The molecule has 0 saturated heterocycles. The van der Waals surface area contributed by atoms with Crippen LogP contribution in [0.4, 0.5) is 21.5 Å². The van der Waals surface area contributed by atoms with Crippen molar-refractivity contribution in [2.24, 2.45) is 0 Å². The molecule has 0 radical (unpaired) electrons. The van der Waals surface area contributed by atoms with E-state index in [-0.39, 0.29) is 5.82 Å². The first-order valence-electron chi connectivity index (χ1n) is 4.87. The largest absolute Gasteiger partial charge is 0.399 e. The van der Waals surface area contributed by atoms with Crippen molar-refractivity contribution < 1.29 is 4.39 Å². The van der Waals surface area contributed by atoms with Crippen molar-refractivity contribution in [1.82, 2.24) is 4.98 Å². The molecule has 3 nitrogen and oxygen atoms in total. The van der Waals surface area contributed by atoms with E-state index < -0.39 is 0 Å². The van der Waals surface area contributed by atoms with Gasteiger partial charge in [0.2, 0.25) is 0 Å². The van der Waals surface area contributed by atoms with Crippen molar-refractivity contribution in [3.8, 4) is 0 Å². The fourth-order valence-corrected chi connectivity index (χ4v) is 1.48. The Hall–Kier alpha value is -2.10. The number of rotatable bonds is 2. The van der Waals surface area contributed by atoms with Gasteiger partial charge in [0, 0.05) is 18.9 Å². The lowest BCUT2D eigenvalue weighted by Gasteiger charge is -2.19. The van der Waals surface area contributed by atoms with E-state index in [0.29, 0.717) is 11.4 Å². The number of hydrogen-bond donors (Lipinski definition) is 1. The summed E-state index contributed by atoms with van der Waals surface area (Å²) in [5.74, 6) is -0.305. The third kappa shape index (κ3) is 1.95. The summed E-state index contributed by atoms with van der Waals surface area (Å²) in [6, 6.07) is 8.15. The second-order valence-electron chi connectivity index (χ2n) is 3.48. The maximum atomic E-state index is 13.6. The van der Waals surface area contributed by atoms with Crippen molar-refractivity contribution in [2.45, 2.75) is 0 Å². The summed E-state index contributed by atoms with van der Waals surface area (Å²) in [5, 5.41) is 0. The Kier molecular flexibility index (Phi) is 2.72. The number of hydrogen-bond acceptors (Lipinski definition) is 3. The molecular formula is C12H12FN3. The first-order valence-corrected chi connectivity index (χ1v) is 4.87. The molecule has 2 rings (SSSR count). The van der Waals surface area contributed by atoms with Gasteiger partial charge < -0.3 is 10.6 Å². The second-order valence-corrected chi connectivity index (χ2v) is 3.48. The lowest BCUT2D eigenvalue weighted by atomic mass is 10.2. The molecule has 2 aromatic rings. The lowest BCUT2D eigenvalue weighted by molar-refractivity contribution is 0.628. The van der Waals surface area contributed by atoms with E-state index in [9.17, 15) is 4.39 Å². The fourth-order valence-electron chi connectivity index (χ4n) is 1.48. The molecule has 0 unspecified atom stereocenters. The third-order valence-electron chi connectivity index (χ3n) is 2.36. The number of nitrogens with two attached hydrogens (primary N) is 1. The minimum Gasteiger partial charge on any atom is -0.399 e. The van der Waals surface area contributed by atoms with Crippen LogP contribution in [0, 0.1) is 5.82 Å². The molecule has 1 aromatic carbocycles. The second kappa shape index (κ2) is 4.18. The average molecular weight is 217 g/mol. The molecule has 1 aromatic heterocycles. The maximum Gasteiger partial charge on any atom is 0.146 e. The van der Waals surface area contributed by atoms with Gasteiger partial charge >= 0.3 is 0 Å². The molecule has 0 atom stereocenters. The molecule has 16 heavy (non-hydrogen) atoms. The predicted molar refractivity (Wildman–Crippen MR) is 63.1 cm³/mol. The van der Waals surface area contributed by atoms with Crippen LogP contribution in [-0.2, 0) is 0 Å². The molecule has 2 N–H and O–H groups in total. The van der Waals surface area contributed by atoms with Crippen LogP contribution in [0.3, 0.4) is 0 Å². The van der Waals surface area contributed by atoms with E-state index in [2.05, 4.69) is 4.98 Å². The monoisotopic (exact) mass is 217 g/mol. The first kappa shape index (κ1) is 10.4. The Morgan fingerprint density at radius 3 is 2.81 bits per heavy atom. The fraction of sp³-hybridized carbons (Fsp3) is 0.0833. The Labute approximate surface area is 93.3 Å². The number of nitrogens with zero attached hydrogens (tertiary/aromatic N) is 2. The van der Waals surface area contributed by atoms with Gasteiger partial charge in [-0.25, -0.2) is 4.39 Å². The quantitative estimate of drug-likeness (QED) is 0.786. The van der Waals surface area contributed by atoms with Crippen LogP contribution >= 0.6 is 0 Å². The zero-order chi connectivity index (χ0) is 11.5. The van der Waals surface area contributed by atoms with E-state index in [1.807, 2.05) is 6.07 Å². The summed E-state index contributed by atoms with van der Waals surface area (Å²) in [7, 11) is 1.77. The van der Waals surface area contributed by atoms with Gasteiger partial charge in [0.1, 0.15) is 5.82 Å². The number of halogens is 1. The van der Waals surface area contributed by atoms with Crippen LogP contribution in [0.5, 0.6) is 0 Å². The third-order valence-corrected chi connectivity index (χ3v) is 2.36. The summed E-state index contributed by atoms with van der Waals surface area (Å²) in [6.45, 7) is 0. The standard InChI is InChI=1S/C12H12FN3/c1-16(10-3-2-6-15-8-10)12-7-9(14)4-5-11(12)13/h2-8H,14H2,1H3. The summed E-state index contributed by atoms with van der Waals surface area (Å²) >= 11 is 0. The predicted octanol–water partition coefficient (Wildman–Crippen LogP) is 2.57. The van der Waals surface area contributed by atoms with Crippen molar-refractivity contribution >= 4 is 17.1 Å². The molecule has 82 valence electrons. The summed E-state index contributed by atoms with van der Waals surface area (Å²) < 4.78 is 13.6. The van der Waals surface area contributed by atoms with Crippen LogP contribution in [0.1, 0.15) is 0 Å². The number of aromatic nitrogens is 1. The highest BCUT2D eigenvalue weighted by atomic mass is 19.1. The smallest absolute Gasteiger partial charge is 0.146 e. The van der Waals surface area contributed by atoms with Crippen LogP contribution in [0.2, 0.25) is 0 Å². The van der Waals surface area contributed by atoms with Gasteiger partial charge in [-0.2, -0.15) is 0 Å². The van der Waals surface area contributed by atoms with E-state index >= 15 is 0 Å². The van der Waals surface area contributed by atoms with Crippen LogP contribution in [0.15, 0.2) is 42.7 Å². The van der Waals surface area contributed by atoms with E-state index in [1.165, 1.54) is 12.1 Å². The number of nitrogen functional groups attached to an aromatic ring is 1. The zero-order valence-electron chi connectivity index (χ0n) is 8.89. The SMILES string of the molecule is CN(c1cccnc1)c1cc(N)ccc1F. The Bertz CT molecular complexity index is 485. The number of pyridine rings is 1. The van der Waals surface area contributed by atoms with Crippen LogP contribution in [-0.4, -0.2) is 12.0 Å². The molecule has 0 amide bonds. The van der Waals surface area contributed by atoms with Gasteiger partial charge in [-0.05, 0) is 30.3 Å². The van der Waals surface area contributed by atoms with Crippen LogP contribution < -0.4 is 10.6 Å². The molecular weight excluding hydrogens is 205 g/mol. The Balaban J connectivity index is 2.41. The number of anilines is 3. The molecule has 0 saturated carbocycles. The molecule has 0 aliphatic heterocycles. The van der Waals surface area contributed by atoms with Crippen molar-refractivity contribution in [3.63, 3.8) is 0 Å².